The van der Waals surface area contributed by atoms with Crippen molar-refractivity contribution in [3.8, 4) is 17.2 Å². The van der Waals surface area contributed by atoms with Gasteiger partial charge in [0.05, 0.1) is 18.1 Å². The van der Waals surface area contributed by atoms with Gasteiger partial charge in [-0.2, -0.15) is 18.4 Å². The second-order valence-corrected chi connectivity index (χ2v) is 4.65. The standard InChI is InChI=1S/C15H9ClF3N/c16-13-5-6-14(11(9-13)7-8-20)10-1-3-12(4-2-10)15(17,18)19/h1-6,9H,7H2. The van der Waals surface area contributed by atoms with E-state index in [9.17, 15) is 13.2 Å². The third-order valence-corrected chi connectivity index (χ3v) is 3.10. The molecule has 1 nitrogen and oxygen atoms in total. The van der Waals surface area contributed by atoms with Crippen molar-refractivity contribution in [1.82, 2.24) is 0 Å². The van der Waals surface area contributed by atoms with Crippen molar-refractivity contribution in [2.75, 3.05) is 0 Å². The van der Waals surface area contributed by atoms with E-state index in [0.29, 0.717) is 21.7 Å². The maximum absolute atomic E-state index is 12.5. The van der Waals surface area contributed by atoms with Crippen LogP contribution >= 0.6 is 11.6 Å². The van der Waals surface area contributed by atoms with Crippen LogP contribution in [0.25, 0.3) is 11.1 Å². The largest absolute Gasteiger partial charge is 0.416 e. The van der Waals surface area contributed by atoms with E-state index in [-0.39, 0.29) is 6.42 Å². The van der Waals surface area contributed by atoms with Gasteiger partial charge in [0.15, 0.2) is 0 Å². The van der Waals surface area contributed by atoms with Gasteiger partial charge in [0.2, 0.25) is 0 Å². The Balaban J connectivity index is 2.44. The number of rotatable bonds is 2. The SMILES string of the molecule is N#CCc1cc(Cl)ccc1-c1ccc(C(F)(F)F)cc1. The summed E-state index contributed by atoms with van der Waals surface area (Å²) in [6.07, 6.45) is -4.20. The van der Waals surface area contributed by atoms with E-state index in [1.54, 1.807) is 18.2 Å². The first-order valence-electron chi connectivity index (χ1n) is 5.75. The molecule has 0 aliphatic rings. The summed E-state index contributed by atoms with van der Waals surface area (Å²) in [5.74, 6) is 0. The van der Waals surface area contributed by atoms with E-state index in [1.165, 1.54) is 12.1 Å². The van der Waals surface area contributed by atoms with E-state index >= 15 is 0 Å². The summed E-state index contributed by atoms with van der Waals surface area (Å²) in [5.41, 5.74) is 1.33. The Morgan fingerprint density at radius 2 is 1.70 bits per heavy atom. The summed E-state index contributed by atoms with van der Waals surface area (Å²) in [7, 11) is 0. The van der Waals surface area contributed by atoms with Crippen LogP contribution in [0.5, 0.6) is 0 Å². The molecule has 2 aromatic rings. The van der Waals surface area contributed by atoms with Crippen LogP contribution in [-0.4, -0.2) is 0 Å². The molecule has 20 heavy (non-hydrogen) atoms. The summed E-state index contributed by atoms with van der Waals surface area (Å²) in [4.78, 5) is 0. The highest BCUT2D eigenvalue weighted by molar-refractivity contribution is 6.30. The van der Waals surface area contributed by atoms with E-state index < -0.39 is 11.7 Å². The molecule has 0 radical (unpaired) electrons. The molecular formula is C15H9ClF3N. The number of hydrogen-bond donors (Lipinski definition) is 0. The third kappa shape index (κ3) is 3.12. The molecule has 0 saturated carbocycles. The molecule has 0 aromatic heterocycles. The van der Waals surface area contributed by atoms with Crippen LogP contribution in [0.2, 0.25) is 5.02 Å². The molecular weight excluding hydrogens is 287 g/mol. The van der Waals surface area contributed by atoms with E-state index in [2.05, 4.69) is 0 Å². The minimum atomic E-state index is -4.35. The molecule has 0 heterocycles. The van der Waals surface area contributed by atoms with Crippen LogP contribution in [0.3, 0.4) is 0 Å². The molecule has 0 saturated heterocycles. The fraction of sp³-hybridized carbons (Fsp3) is 0.133. The second-order valence-electron chi connectivity index (χ2n) is 4.21. The predicted octanol–water partition coefficient (Wildman–Crippen LogP) is 5.09. The zero-order chi connectivity index (χ0) is 14.8. The molecule has 0 spiro atoms. The first-order chi connectivity index (χ1) is 9.41. The average Bonchev–Trinajstić information content (AvgIpc) is 2.38. The normalized spacial score (nSPS) is 11.2. The lowest BCUT2D eigenvalue weighted by Gasteiger charge is -2.10. The van der Waals surface area contributed by atoms with Crippen LogP contribution in [0.15, 0.2) is 42.5 Å². The Morgan fingerprint density at radius 1 is 1.05 bits per heavy atom. The van der Waals surface area contributed by atoms with Gasteiger partial charge in [-0.1, -0.05) is 29.8 Å². The number of alkyl halides is 3. The van der Waals surface area contributed by atoms with Crippen LogP contribution < -0.4 is 0 Å². The smallest absolute Gasteiger partial charge is 0.198 e. The number of nitriles is 1. The van der Waals surface area contributed by atoms with Crippen molar-refractivity contribution >= 4 is 11.6 Å². The third-order valence-electron chi connectivity index (χ3n) is 2.86. The van der Waals surface area contributed by atoms with Crippen molar-refractivity contribution in [1.29, 1.82) is 5.26 Å². The van der Waals surface area contributed by atoms with Crippen LogP contribution in [0.4, 0.5) is 13.2 Å². The van der Waals surface area contributed by atoms with Gasteiger partial charge in [0.25, 0.3) is 0 Å². The summed E-state index contributed by atoms with van der Waals surface area (Å²) >= 11 is 5.87. The molecule has 0 amide bonds. The molecule has 5 heteroatoms. The first-order valence-corrected chi connectivity index (χ1v) is 6.12. The first kappa shape index (κ1) is 14.4. The lowest BCUT2D eigenvalue weighted by Crippen LogP contribution is -2.04. The van der Waals surface area contributed by atoms with Crippen LogP contribution in [0, 0.1) is 11.3 Å². The Kier molecular flexibility index (Phi) is 4.01. The Labute approximate surface area is 119 Å². The Hall–Kier alpha value is -1.99. The number of benzene rings is 2. The molecule has 0 N–H and O–H groups in total. The van der Waals surface area contributed by atoms with Gasteiger partial charge in [-0.25, -0.2) is 0 Å². The van der Waals surface area contributed by atoms with Gasteiger partial charge < -0.3 is 0 Å². The molecule has 2 aromatic carbocycles. The van der Waals surface area contributed by atoms with E-state index in [4.69, 9.17) is 16.9 Å². The van der Waals surface area contributed by atoms with E-state index in [0.717, 1.165) is 12.1 Å². The highest BCUT2D eigenvalue weighted by atomic mass is 35.5. The second kappa shape index (κ2) is 5.56. The lowest BCUT2D eigenvalue weighted by molar-refractivity contribution is -0.137. The number of halogens is 4. The summed E-state index contributed by atoms with van der Waals surface area (Å²) < 4.78 is 37.5. The number of nitrogens with zero attached hydrogens (tertiary/aromatic N) is 1. The molecule has 102 valence electrons. The van der Waals surface area contributed by atoms with Crippen molar-refractivity contribution in [3.63, 3.8) is 0 Å². The van der Waals surface area contributed by atoms with Gasteiger partial charge in [-0.3, -0.25) is 0 Å². The molecule has 0 atom stereocenters. The maximum Gasteiger partial charge on any atom is 0.416 e. The Morgan fingerprint density at radius 3 is 2.25 bits per heavy atom. The monoisotopic (exact) mass is 295 g/mol. The topological polar surface area (TPSA) is 23.8 Å². The van der Waals surface area contributed by atoms with Crippen molar-refractivity contribution in [2.24, 2.45) is 0 Å². The van der Waals surface area contributed by atoms with Gasteiger partial charge >= 0.3 is 6.18 Å². The molecule has 0 bridgehead atoms. The van der Waals surface area contributed by atoms with Gasteiger partial charge in [0, 0.05) is 5.02 Å². The lowest BCUT2D eigenvalue weighted by atomic mass is 9.97. The zero-order valence-corrected chi connectivity index (χ0v) is 11.0. The van der Waals surface area contributed by atoms with Crippen molar-refractivity contribution in [2.45, 2.75) is 12.6 Å². The minimum Gasteiger partial charge on any atom is -0.198 e. The van der Waals surface area contributed by atoms with E-state index in [1.807, 2.05) is 6.07 Å². The molecule has 0 aliphatic heterocycles. The summed E-state index contributed by atoms with van der Waals surface area (Å²) in [6, 6.07) is 11.9. The summed E-state index contributed by atoms with van der Waals surface area (Å²) in [6.45, 7) is 0. The minimum absolute atomic E-state index is 0.150. The van der Waals surface area contributed by atoms with Crippen LogP contribution in [0.1, 0.15) is 11.1 Å². The quantitative estimate of drug-likeness (QED) is 0.757. The molecule has 0 fully saturated rings. The molecule has 0 unspecified atom stereocenters. The highest BCUT2D eigenvalue weighted by Crippen LogP contribution is 2.32. The van der Waals surface area contributed by atoms with Crippen molar-refractivity contribution in [3.05, 3.63) is 58.6 Å². The van der Waals surface area contributed by atoms with Crippen molar-refractivity contribution < 1.29 is 13.2 Å². The molecule has 0 aliphatic carbocycles. The average molecular weight is 296 g/mol. The number of hydrogen-bond acceptors (Lipinski definition) is 1. The fourth-order valence-corrected chi connectivity index (χ4v) is 2.11. The maximum atomic E-state index is 12.5. The van der Waals surface area contributed by atoms with Gasteiger partial charge in [0.1, 0.15) is 0 Å². The highest BCUT2D eigenvalue weighted by Gasteiger charge is 2.30. The van der Waals surface area contributed by atoms with Crippen LogP contribution in [-0.2, 0) is 12.6 Å². The predicted molar refractivity (Wildman–Crippen MR) is 71.2 cm³/mol. The van der Waals surface area contributed by atoms with Gasteiger partial charge in [-0.15, -0.1) is 0 Å². The molecule has 2 rings (SSSR count). The zero-order valence-electron chi connectivity index (χ0n) is 10.2. The fourth-order valence-electron chi connectivity index (χ4n) is 1.91. The summed E-state index contributed by atoms with van der Waals surface area (Å²) in [5, 5.41) is 9.28. The Bertz CT molecular complexity index is 654. The van der Waals surface area contributed by atoms with Gasteiger partial charge in [-0.05, 0) is 41.0 Å².